The molecule has 0 atom stereocenters. The molecule has 0 aliphatic carbocycles. The first-order valence-electron chi connectivity index (χ1n) is 5.05. The van der Waals surface area contributed by atoms with Crippen LogP contribution in [0, 0.1) is 4.91 Å². The highest BCUT2D eigenvalue weighted by Crippen LogP contribution is 2.25. The van der Waals surface area contributed by atoms with E-state index in [0.717, 1.165) is 0 Å². The summed E-state index contributed by atoms with van der Waals surface area (Å²) in [6.07, 6.45) is 0. The Morgan fingerprint density at radius 3 is 2.07 bits per heavy atom. The van der Waals surface area contributed by atoms with Crippen LogP contribution in [0.3, 0.4) is 0 Å². The molecule has 0 aliphatic rings. The topological polar surface area (TPSA) is 64.7 Å². The van der Waals surface area contributed by atoms with E-state index in [1.807, 2.05) is 27.7 Å². The van der Waals surface area contributed by atoms with Crippen molar-refractivity contribution in [2.75, 3.05) is 12.8 Å². The van der Waals surface area contributed by atoms with Crippen LogP contribution in [0.15, 0.2) is 23.4 Å². The normalized spacial score (nSPS) is 7.53. The molecule has 0 unspecified atom stereocenters. The molecule has 1 rings (SSSR count). The van der Waals surface area contributed by atoms with Gasteiger partial charge in [-0.25, -0.2) is 0 Å². The Hall–Kier alpha value is -1.58. The lowest BCUT2D eigenvalue weighted by Crippen LogP contribution is -1.90. The van der Waals surface area contributed by atoms with Crippen molar-refractivity contribution in [2.45, 2.75) is 27.7 Å². The van der Waals surface area contributed by atoms with Gasteiger partial charge in [0.05, 0.1) is 12.8 Å². The summed E-state index contributed by atoms with van der Waals surface area (Å²) in [5, 5.41) is 2.72. The number of hydrogen-bond donors (Lipinski definition) is 1. The predicted molar refractivity (Wildman–Crippen MR) is 65.6 cm³/mol. The number of anilines is 1. The van der Waals surface area contributed by atoms with Crippen LogP contribution < -0.4 is 10.5 Å². The minimum Gasteiger partial charge on any atom is -0.495 e. The van der Waals surface area contributed by atoms with E-state index in [0.29, 0.717) is 17.1 Å². The lowest BCUT2D eigenvalue weighted by Gasteiger charge is -2.02. The van der Waals surface area contributed by atoms with Gasteiger partial charge in [-0.15, -0.1) is 4.91 Å². The fourth-order valence-electron chi connectivity index (χ4n) is 0.779. The minimum atomic E-state index is 0.309. The van der Waals surface area contributed by atoms with Gasteiger partial charge in [-0.05, 0) is 23.4 Å². The standard InChI is InChI=1S/C7H8N2O2.2C2H6/c1-11-7-3-2-5(9-10)4-6(7)8;2*1-2/h2-4H,8H2,1H3;2*1-2H3. The van der Waals surface area contributed by atoms with Crippen LogP contribution in [0.2, 0.25) is 0 Å². The third-order valence-corrected chi connectivity index (χ3v) is 1.32. The van der Waals surface area contributed by atoms with E-state index in [-0.39, 0.29) is 0 Å². The maximum absolute atomic E-state index is 10.0. The maximum Gasteiger partial charge on any atom is 0.141 e. The van der Waals surface area contributed by atoms with Crippen molar-refractivity contribution in [1.82, 2.24) is 0 Å². The fourth-order valence-corrected chi connectivity index (χ4v) is 0.779. The molecule has 0 heterocycles. The van der Waals surface area contributed by atoms with Crippen LogP contribution in [-0.2, 0) is 0 Å². The van der Waals surface area contributed by atoms with Gasteiger partial charge in [0.2, 0.25) is 0 Å². The van der Waals surface area contributed by atoms with Crippen molar-refractivity contribution in [3.8, 4) is 5.75 Å². The van der Waals surface area contributed by atoms with E-state index in [1.54, 1.807) is 12.1 Å². The molecule has 0 amide bonds. The summed E-state index contributed by atoms with van der Waals surface area (Å²) in [5.41, 5.74) is 6.21. The van der Waals surface area contributed by atoms with Crippen molar-refractivity contribution in [3.05, 3.63) is 23.1 Å². The van der Waals surface area contributed by atoms with Gasteiger partial charge in [-0.2, -0.15) is 0 Å². The van der Waals surface area contributed by atoms with Crippen LogP contribution in [-0.4, -0.2) is 7.11 Å². The molecule has 1 aromatic carbocycles. The summed E-state index contributed by atoms with van der Waals surface area (Å²) in [6.45, 7) is 8.00. The smallest absolute Gasteiger partial charge is 0.141 e. The molecule has 86 valence electrons. The second-order valence-corrected chi connectivity index (χ2v) is 2.02. The summed E-state index contributed by atoms with van der Waals surface area (Å²) >= 11 is 0. The first-order valence-corrected chi connectivity index (χ1v) is 5.05. The van der Waals surface area contributed by atoms with E-state index in [1.165, 1.54) is 13.2 Å². The van der Waals surface area contributed by atoms with Gasteiger partial charge in [-0.1, -0.05) is 27.7 Å². The summed E-state index contributed by atoms with van der Waals surface area (Å²) in [7, 11) is 1.51. The molecule has 0 saturated heterocycles. The van der Waals surface area contributed by atoms with E-state index >= 15 is 0 Å². The number of nitroso groups, excluding NO2 is 1. The van der Waals surface area contributed by atoms with Crippen LogP contribution in [0.5, 0.6) is 5.75 Å². The van der Waals surface area contributed by atoms with E-state index in [4.69, 9.17) is 10.5 Å². The average molecular weight is 212 g/mol. The van der Waals surface area contributed by atoms with Gasteiger partial charge >= 0.3 is 0 Å². The monoisotopic (exact) mass is 212 g/mol. The second kappa shape index (κ2) is 10.5. The third kappa shape index (κ3) is 5.67. The number of hydrogen-bond acceptors (Lipinski definition) is 4. The number of nitrogens with zero attached hydrogens (tertiary/aromatic N) is 1. The average Bonchev–Trinajstić information content (AvgIpc) is 2.34. The Kier molecular flexibility index (Phi) is 11.1. The quantitative estimate of drug-likeness (QED) is 0.600. The molecule has 0 spiro atoms. The Morgan fingerprint density at radius 2 is 1.73 bits per heavy atom. The molecule has 0 aliphatic heterocycles. The van der Waals surface area contributed by atoms with Crippen molar-refractivity contribution >= 4 is 11.4 Å². The van der Waals surface area contributed by atoms with Crippen LogP contribution >= 0.6 is 0 Å². The fraction of sp³-hybridized carbons (Fsp3) is 0.455. The summed E-state index contributed by atoms with van der Waals surface area (Å²) in [6, 6.07) is 4.61. The van der Waals surface area contributed by atoms with Gasteiger partial charge in [0.25, 0.3) is 0 Å². The van der Waals surface area contributed by atoms with Gasteiger partial charge in [0.15, 0.2) is 0 Å². The largest absolute Gasteiger partial charge is 0.495 e. The van der Waals surface area contributed by atoms with Crippen LogP contribution in [0.1, 0.15) is 27.7 Å². The van der Waals surface area contributed by atoms with Gasteiger partial charge < -0.3 is 10.5 Å². The number of rotatable bonds is 2. The predicted octanol–water partition coefficient (Wildman–Crippen LogP) is 3.73. The third-order valence-electron chi connectivity index (χ3n) is 1.32. The first-order chi connectivity index (χ1) is 7.27. The van der Waals surface area contributed by atoms with Gasteiger partial charge in [0.1, 0.15) is 11.4 Å². The first kappa shape index (κ1) is 15.9. The van der Waals surface area contributed by atoms with Crippen LogP contribution in [0.25, 0.3) is 0 Å². The zero-order chi connectivity index (χ0) is 12.3. The number of benzene rings is 1. The number of ether oxygens (including phenoxy) is 1. The molecule has 4 nitrogen and oxygen atoms in total. The van der Waals surface area contributed by atoms with E-state index in [9.17, 15) is 4.91 Å². The highest BCUT2D eigenvalue weighted by atomic mass is 16.5. The molecule has 0 radical (unpaired) electrons. The van der Waals surface area contributed by atoms with Crippen molar-refractivity contribution in [1.29, 1.82) is 0 Å². The molecule has 2 N–H and O–H groups in total. The zero-order valence-electron chi connectivity index (χ0n) is 10.1. The summed E-state index contributed by atoms with van der Waals surface area (Å²) in [4.78, 5) is 10.0. The molecular weight excluding hydrogens is 192 g/mol. The highest BCUT2D eigenvalue weighted by Gasteiger charge is 1.99. The summed E-state index contributed by atoms with van der Waals surface area (Å²) < 4.78 is 4.88. The molecule has 1 aromatic rings. The van der Waals surface area contributed by atoms with Crippen LogP contribution in [0.4, 0.5) is 11.4 Å². The zero-order valence-corrected chi connectivity index (χ0v) is 10.1. The lowest BCUT2D eigenvalue weighted by molar-refractivity contribution is 0.417. The van der Waals surface area contributed by atoms with Crippen molar-refractivity contribution < 1.29 is 4.74 Å². The Balaban J connectivity index is 0. The SMILES string of the molecule is CC.CC.COc1ccc(N=O)cc1N. The number of nitrogen functional groups attached to an aromatic ring is 1. The minimum absolute atomic E-state index is 0.309. The molecular formula is C11H20N2O2. The highest BCUT2D eigenvalue weighted by molar-refractivity contribution is 5.59. The second-order valence-electron chi connectivity index (χ2n) is 2.02. The molecule has 0 fully saturated rings. The van der Waals surface area contributed by atoms with E-state index in [2.05, 4.69) is 5.18 Å². The van der Waals surface area contributed by atoms with E-state index < -0.39 is 0 Å². The van der Waals surface area contributed by atoms with Gasteiger partial charge in [0, 0.05) is 0 Å². The Morgan fingerprint density at radius 1 is 1.20 bits per heavy atom. The molecule has 0 aromatic heterocycles. The number of nitrogens with two attached hydrogens (primary N) is 1. The summed E-state index contributed by atoms with van der Waals surface area (Å²) in [5.74, 6) is 0.553. The van der Waals surface area contributed by atoms with Crippen molar-refractivity contribution in [3.63, 3.8) is 0 Å². The van der Waals surface area contributed by atoms with Gasteiger partial charge in [-0.3, -0.25) is 0 Å². The Labute approximate surface area is 91.4 Å². The maximum atomic E-state index is 10.0. The molecule has 0 saturated carbocycles. The lowest BCUT2D eigenvalue weighted by atomic mass is 10.2. The molecule has 15 heavy (non-hydrogen) atoms. The number of methoxy groups -OCH3 is 1. The Bertz CT molecular complexity index is 275. The molecule has 4 heteroatoms. The van der Waals surface area contributed by atoms with Crippen molar-refractivity contribution in [2.24, 2.45) is 5.18 Å². The molecule has 0 bridgehead atoms.